The average molecular weight is 596 g/mol. The summed E-state index contributed by atoms with van der Waals surface area (Å²) in [6, 6.07) is -5.03. The van der Waals surface area contributed by atoms with Gasteiger partial charge in [0.05, 0.1) is 55.7 Å². The SMILES string of the molecule is NCCN(O)C(=O)NC1CC(N)C(C2OC(CN)C(O)CC2N=C(N)N)C(O)C1OC1OC(CO)C(O)C(N)C1O. The van der Waals surface area contributed by atoms with Gasteiger partial charge in [0.15, 0.2) is 12.2 Å². The van der Waals surface area contributed by atoms with Crippen molar-refractivity contribution in [3.8, 4) is 0 Å². The van der Waals surface area contributed by atoms with Crippen molar-refractivity contribution in [2.24, 2.45) is 45.3 Å². The number of hydrogen-bond acceptors (Lipinski definition) is 15. The zero-order valence-corrected chi connectivity index (χ0v) is 22.5. The van der Waals surface area contributed by atoms with Crippen LogP contribution in [0, 0.1) is 5.92 Å². The predicted octanol–water partition coefficient (Wildman–Crippen LogP) is -7.31. The molecular weight excluding hydrogens is 550 g/mol. The molecular formula is C22H45N9O10. The summed E-state index contributed by atoms with van der Waals surface area (Å²) in [5, 5.41) is 65.6. The number of aliphatic hydroxyl groups is 5. The Kier molecular flexibility index (Phi) is 11.8. The fourth-order valence-electron chi connectivity index (χ4n) is 5.68. The van der Waals surface area contributed by atoms with Crippen LogP contribution < -0.4 is 39.7 Å². The first kappa shape index (κ1) is 33.5. The van der Waals surface area contributed by atoms with Crippen LogP contribution in [0.3, 0.4) is 0 Å². The number of ether oxygens (including phenoxy) is 3. The number of hydrogen-bond donors (Lipinski definition) is 13. The third-order valence-corrected chi connectivity index (χ3v) is 7.81. The summed E-state index contributed by atoms with van der Waals surface area (Å²) in [6.45, 7) is -0.945. The minimum atomic E-state index is -1.60. The van der Waals surface area contributed by atoms with Gasteiger partial charge in [0.1, 0.15) is 24.4 Å². The molecule has 3 rings (SSSR count). The van der Waals surface area contributed by atoms with E-state index in [0.717, 1.165) is 0 Å². The van der Waals surface area contributed by atoms with Crippen molar-refractivity contribution in [2.75, 3.05) is 26.2 Å². The Morgan fingerprint density at radius 1 is 1.02 bits per heavy atom. The minimum absolute atomic E-state index is 0.0387. The van der Waals surface area contributed by atoms with E-state index in [-0.39, 0.29) is 38.4 Å². The number of urea groups is 1. The standard InChI is InChI=1S/C22H45N9O10/c23-1-2-31(38)22(37)30-8-3-7(25)13(18-9(29-21(27)28)4-10(33)11(5-24)39-18)16(35)19(8)41-20-17(36)14(26)15(34)12(6-32)40-20/h7-20,32-36,38H,1-6,23-26H2,(H,30,37)(H4,27,28,29). The van der Waals surface area contributed by atoms with Crippen molar-refractivity contribution in [1.29, 1.82) is 0 Å². The number of carbonyl (C=O) groups excluding carboxylic acids is 1. The largest absolute Gasteiger partial charge is 0.394 e. The molecule has 0 aromatic carbocycles. The van der Waals surface area contributed by atoms with Crippen molar-refractivity contribution in [1.82, 2.24) is 10.4 Å². The van der Waals surface area contributed by atoms with Gasteiger partial charge in [0, 0.05) is 31.5 Å². The molecule has 41 heavy (non-hydrogen) atoms. The summed E-state index contributed by atoms with van der Waals surface area (Å²) in [4.78, 5) is 16.8. The maximum absolute atomic E-state index is 12.6. The number of nitrogens with two attached hydrogens (primary N) is 6. The normalized spacial score (nSPS) is 43.3. The molecule has 19 heteroatoms. The highest BCUT2D eigenvalue weighted by molar-refractivity contribution is 5.76. The number of rotatable bonds is 9. The van der Waals surface area contributed by atoms with E-state index in [9.17, 15) is 35.5 Å². The van der Waals surface area contributed by atoms with E-state index in [2.05, 4.69) is 10.3 Å². The van der Waals surface area contributed by atoms with Crippen LogP contribution in [0.4, 0.5) is 4.79 Å². The maximum Gasteiger partial charge on any atom is 0.341 e. The van der Waals surface area contributed by atoms with E-state index in [4.69, 9.17) is 48.6 Å². The van der Waals surface area contributed by atoms with E-state index in [1.165, 1.54) is 0 Å². The summed E-state index contributed by atoms with van der Waals surface area (Å²) >= 11 is 0. The van der Waals surface area contributed by atoms with Crippen LogP contribution in [0.25, 0.3) is 0 Å². The fraction of sp³-hybridized carbons (Fsp3) is 0.909. The van der Waals surface area contributed by atoms with Gasteiger partial charge in [-0.2, -0.15) is 0 Å². The molecule has 1 saturated carbocycles. The van der Waals surface area contributed by atoms with Gasteiger partial charge in [0.2, 0.25) is 0 Å². The number of carbonyl (C=O) groups is 1. The smallest absolute Gasteiger partial charge is 0.341 e. The lowest BCUT2D eigenvalue weighted by atomic mass is 9.72. The van der Waals surface area contributed by atoms with E-state index in [1.54, 1.807) is 0 Å². The highest BCUT2D eigenvalue weighted by Gasteiger charge is 2.54. The first-order chi connectivity index (χ1) is 19.3. The van der Waals surface area contributed by atoms with Crippen molar-refractivity contribution in [3.63, 3.8) is 0 Å². The van der Waals surface area contributed by atoms with Crippen molar-refractivity contribution in [2.45, 2.75) is 92.1 Å². The second-order valence-electron chi connectivity index (χ2n) is 10.6. The zero-order chi connectivity index (χ0) is 30.6. The monoisotopic (exact) mass is 595 g/mol. The quantitative estimate of drug-likeness (QED) is 0.0509. The van der Waals surface area contributed by atoms with Crippen LogP contribution >= 0.6 is 0 Å². The van der Waals surface area contributed by atoms with Crippen LogP contribution in [0.1, 0.15) is 12.8 Å². The maximum atomic E-state index is 12.6. The Morgan fingerprint density at radius 3 is 2.29 bits per heavy atom. The molecule has 1 aliphatic carbocycles. The summed E-state index contributed by atoms with van der Waals surface area (Å²) in [5.74, 6) is -1.26. The molecule has 3 fully saturated rings. The number of nitrogens with one attached hydrogen (secondary N) is 1. The summed E-state index contributed by atoms with van der Waals surface area (Å²) in [6.07, 6.45) is -11.5. The topological polar surface area (TPSA) is 350 Å². The molecule has 0 radical (unpaired) electrons. The van der Waals surface area contributed by atoms with E-state index >= 15 is 0 Å². The van der Waals surface area contributed by atoms with Gasteiger partial charge in [0.25, 0.3) is 0 Å². The first-order valence-corrected chi connectivity index (χ1v) is 13.4. The van der Waals surface area contributed by atoms with Gasteiger partial charge >= 0.3 is 6.03 Å². The van der Waals surface area contributed by atoms with Gasteiger partial charge in [-0.05, 0) is 6.42 Å². The van der Waals surface area contributed by atoms with Gasteiger partial charge < -0.3 is 79.5 Å². The molecule has 238 valence electrons. The molecule has 2 saturated heterocycles. The Labute approximate surface area is 236 Å². The van der Waals surface area contributed by atoms with Crippen LogP contribution in [-0.2, 0) is 14.2 Å². The van der Waals surface area contributed by atoms with E-state index in [1.807, 2.05) is 0 Å². The van der Waals surface area contributed by atoms with Crippen molar-refractivity contribution < 1.29 is 49.7 Å². The second-order valence-corrected chi connectivity index (χ2v) is 10.6. The molecule has 0 aromatic heterocycles. The molecule has 19 nitrogen and oxygen atoms in total. The first-order valence-electron chi connectivity index (χ1n) is 13.4. The predicted molar refractivity (Wildman–Crippen MR) is 141 cm³/mol. The average Bonchev–Trinajstić information content (AvgIpc) is 2.91. The van der Waals surface area contributed by atoms with Crippen LogP contribution in [0.15, 0.2) is 4.99 Å². The molecule has 19 N–H and O–H groups in total. The lowest BCUT2D eigenvalue weighted by molar-refractivity contribution is -0.306. The highest BCUT2D eigenvalue weighted by Crippen LogP contribution is 2.38. The molecule has 14 atom stereocenters. The number of guanidine groups is 1. The minimum Gasteiger partial charge on any atom is -0.394 e. The van der Waals surface area contributed by atoms with Crippen LogP contribution in [0.5, 0.6) is 0 Å². The second kappa shape index (κ2) is 14.5. The van der Waals surface area contributed by atoms with E-state index < -0.39 is 97.8 Å². The number of aliphatic hydroxyl groups excluding tert-OH is 5. The Balaban J connectivity index is 1.95. The molecule has 2 heterocycles. The molecule has 3 aliphatic rings. The van der Waals surface area contributed by atoms with Crippen molar-refractivity contribution in [3.05, 3.63) is 0 Å². The van der Waals surface area contributed by atoms with Crippen molar-refractivity contribution >= 4 is 12.0 Å². The van der Waals surface area contributed by atoms with Gasteiger partial charge in [-0.15, -0.1) is 0 Å². The molecule has 14 unspecified atom stereocenters. The van der Waals surface area contributed by atoms with Gasteiger partial charge in [-0.25, -0.2) is 14.9 Å². The number of hydroxylamine groups is 2. The fourth-order valence-corrected chi connectivity index (χ4v) is 5.68. The summed E-state index contributed by atoms with van der Waals surface area (Å²) < 4.78 is 17.6. The molecule has 0 aromatic rings. The number of amides is 2. The summed E-state index contributed by atoms with van der Waals surface area (Å²) in [5.41, 5.74) is 34.8. The summed E-state index contributed by atoms with van der Waals surface area (Å²) in [7, 11) is 0. The van der Waals surface area contributed by atoms with Gasteiger partial charge in [-0.3, -0.25) is 5.21 Å². The highest BCUT2D eigenvalue weighted by atomic mass is 16.7. The van der Waals surface area contributed by atoms with Gasteiger partial charge in [-0.1, -0.05) is 0 Å². The third kappa shape index (κ3) is 7.51. The number of nitrogens with zero attached hydrogens (tertiary/aromatic N) is 2. The van der Waals surface area contributed by atoms with E-state index in [0.29, 0.717) is 5.06 Å². The Morgan fingerprint density at radius 2 is 1.71 bits per heavy atom. The molecule has 0 spiro atoms. The lowest BCUT2D eigenvalue weighted by Gasteiger charge is -2.51. The number of aliphatic imine (C=N–C) groups is 1. The lowest BCUT2D eigenvalue weighted by Crippen LogP contribution is -2.69. The molecule has 2 aliphatic heterocycles. The van der Waals surface area contributed by atoms with Crippen LogP contribution in [-0.4, -0.2) is 153 Å². The Hall–Kier alpha value is -1.98. The Bertz CT molecular complexity index is 887. The molecule has 0 bridgehead atoms. The third-order valence-electron chi connectivity index (χ3n) is 7.81. The van der Waals surface area contributed by atoms with Crippen LogP contribution in [0.2, 0.25) is 0 Å². The molecule has 2 amide bonds. The zero-order valence-electron chi connectivity index (χ0n) is 22.5.